The van der Waals surface area contributed by atoms with Crippen LogP contribution in [0.15, 0.2) is 24.3 Å². The fraction of sp³-hybridized carbons (Fsp3) is 0.846. The van der Waals surface area contributed by atoms with E-state index in [1.165, 1.54) is 89.9 Å². The van der Waals surface area contributed by atoms with Crippen LogP contribution in [0.5, 0.6) is 0 Å². The Kier molecular flexibility index (Phi) is 33.4. The van der Waals surface area contributed by atoms with Gasteiger partial charge in [0.1, 0.15) is 0 Å². The van der Waals surface area contributed by atoms with Gasteiger partial charge >= 0.3 is 19.8 Å². The van der Waals surface area contributed by atoms with E-state index in [0.29, 0.717) is 12.8 Å². The zero-order valence-corrected chi connectivity index (χ0v) is 31.6. The van der Waals surface area contributed by atoms with Gasteiger partial charge in [-0.05, 0) is 70.6 Å². The first-order valence-electron chi connectivity index (χ1n) is 19.6. The highest BCUT2D eigenvalue weighted by atomic mass is 31.2. The van der Waals surface area contributed by atoms with Gasteiger partial charge in [0.05, 0.1) is 0 Å². The third-order valence-corrected chi connectivity index (χ3v) is 9.67. The number of rotatable bonds is 35. The van der Waals surface area contributed by atoms with E-state index in [-0.39, 0.29) is 19.3 Å². The van der Waals surface area contributed by atoms with Gasteiger partial charge in [0.25, 0.3) is 0 Å². The second-order valence-electron chi connectivity index (χ2n) is 13.0. The highest BCUT2D eigenvalue weighted by Crippen LogP contribution is 2.51. The predicted octanol–water partition coefficient (Wildman–Crippen LogP) is 13.0. The summed E-state index contributed by atoms with van der Waals surface area (Å²) in [6.07, 6.45) is 37.7. The molecule has 47 heavy (non-hydrogen) atoms. The fourth-order valence-corrected chi connectivity index (χ4v) is 6.56. The lowest BCUT2D eigenvalue weighted by atomic mass is 10.1. The summed E-state index contributed by atoms with van der Waals surface area (Å²) in [7, 11) is -4.55. The molecule has 0 amide bonds. The summed E-state index contributed by atoms with van der Waals surface area (Å²) < 4.78 is 28.1. The zero-order valence-electron chi connectivity index (χ0n) is 30.7. The molecule has 0 aromatic heterocycles. The number of allylic oxidation sites excluding steroid dienone is 4. The lowest BCUT2D eigenvalue weighted by Crippen LogP contribution is -2.16. The van der Waals surface area contributed by atoms with Gasteiger partial charge in [-0.1, -0.05) is 148 Å². The third-order valence-electron chi connectivity index (χ3n) is 8.31. The Morgan fingerprint density at radius 1 is 0.511 bits per heavy atom. The Labute approximate surface area is 289 Å². The Morgan fingerprint density at radius 3 is 1.13 bits per heavy atom. The van der Waals surface area contributed by atoms with Gasteiger partial charge < -0.3 is 14.2 Å². The minimum Gasteiger partial charge on any atom is -0.367 e. The predicted molar refractivity (Wildman–Crippen MR) is 196 cm³/mol. The molecule has 0 aliphatic carbocycles. The molecule has 1 atom stereocenters. The maximum atomic E-state index is 13.0. The van der Waals surface area contributed by atoms with E-state index in [2.05, 4.69) is 38.2 Å². The van der Waals surface area contributed by atoms with Gasteiger partial charge in [0.2, 0.25) is 0 Å². The normalized spacial score (nSPS) is 13.7. The monoisotopic (exact) mass is 685 g/mol. The molecule has 0 bridgehead atoms. The van der Waals surface area contributed by atoms with Crippen molar-refractivity contribution >= 4 is 19.8 Å². The van der Waals surface area contributed by atoms with E-state index in [4.69, 9.17) is 13.6 Å². The second kappa shape index (κ2) is 34.4. The molecule has 0 aromatic carbocycles. The average molecular weight is 685 g/mol. The van der Waals surface area contributed by atoms with Gasteiger partial charge in [0.15, 0.2) is 6.29 Å². The van der Waals surface area contributed by atoms with Crippen LogP contribution in [-0.2, 0) is 27.7 Å². The van der Waals surface area contributed by atoms with Crippen LogP contribution < -0.4 is 0 Å². The van der Waals surface area contributed by atoms with Crippen molar-refractivity contribution in [1.82, 2.24) is 0 Å². The molecular weight excluding hydrogens is 611 g/mol. The molecule has 0 rings (SSSR count). The van der Waals surface area contributed by atoms with E-state index in [9.17, 15) is 19.3 Å². The first-order valence-corrected chi connectivity index (χ1v) is 21.0. The summed E-state index contributed by atoms with van der Waals surface area (Å²) in [4.78, 5) is 24.8. The van der Waals surface area contributed by atoms with E-state index >= 15 is 0 Å². The van der Waals surface area contributed by atoms with Crippen LogP contribution in [0.2, 0.25) is 0 Å². The van der Waals surface area contributed by atoms with E-state index in [0.717, 1.165) is 64.2 Å². The summed E-state index contributed by atoms with van der Waals surface area (Å²) in [5.41, 5.74) is 0. The molecule has 0 aliphatic heterocycles. The molecule has 7 nitrogen and oxygen atoms in total. The average Bonchev–Trinajstić information content (AvgIpc) is 3.04. The van der Waals surface area contributed by atoms with Crippen molar-refractivity contribution in [2.75, 3.05) is 0 Å². The van der Waals surface area contributed by atoms with Gasteiger partial charge in [0, 0.05) is 12.8 Å². The minimum atomic E-state index is -4.55. The number of phosphoric acid groups is 1. The van der Waals surface area contributed by atoms with Crippen molar-refractivity contribution < 1.29 is 32.8 Å². The molecule has 1 N–H and O–H groups in total. The largest absolute Gasteiger partial charge is 0.594 e. The van der Waals surface area contributed by atoms with E-state index in [1.807, 2.05) is 0 Å². The Hall–Kier alpha value is -1.43. The van der Waals surface area contributed by atoms with Crippen LogP contribution in [0, 0.1) is 0 Å². The van der Waals surface area contributed by atoms with Crippen molar-refractivity contribution in [3.8, 4) is 0 Å². The SMILES string of the molecule is CCCCCCCCC=CCCCCCCCC(=O)OP(=O)(OC(=O)CCCCCCCC=CCCCCCCCC)OC(O)CC. The van der Waals surface area contributed by atoms with Crippen molar-refractivity contribution in [2.24, 2.45) is 0 Å². The first kappa shape index (κ1) is 45.6. The molecule has 0 aliphatic rings. The number of aliphatic hydroxyl groups excluding tert-OH is 1. The number of phosphoric ester groups is 1. The Morgan fingerprint density at radius 2 is 0.809 bits per heavy atom. The molecule has 0 aromatic rings. The number of carbonyl (C=O) groups excluding carboxylic acids is 2. The summed E-state index contributed by atoms with van der Waals surface area (Å²) in [5.74, 6) is -1.49. The number of hydrogen-bond donors (Lipinski definition) is 1. The van der Waals surface area contributed by atoms with Crippen LogP contribution in [0.25, 0.3) is 0 Å². The zero-order chi connectivity index (χ0) is 34.7. The van der Waals surface area contributed by atoms with Crippen molar-refractivity contribution in [2.45, 2.75) is 213 Å². The van der Waals surface area contributed by atoms with Crippen LogP contribution in [-0.4, -0.2) is 23.3 Å². The second-order valence-corrected chi connectivity index (χ2v) is 14.5. The van der Waals surface area contributed by atoms with Crippen molar-refractivity contribution in [3.63, 3.8) is 0 Å². The van der Waals surface area contributed by atoms with Crippen molar-refractivity contribution in [1.29, 1.82) is 0 Å². The maximum absolute atomic E-state index is 13.0. The quantitative estimate of drug-likeness (QED) is 0.0307. The standard InChI is InChI=1S/C39H73O7P/c1-4-7-9-11-13-15-17-19-21-23-25-27-29-31-33-35-38(41)45-47(43,44-37(40)6-3)46-39(42)36-34-32-30-28-26-24-22-20-18-16-14-12-10-8-5-2/h19-22,37,40H,4-18,23-36H2,1-3H3. The van der Waals surface area contributed by atoms with Gasteiger partial charge in [-0.2, -0.15) is 0 Å². The maximum Gasteiger partial charge on any atom is 0.594 e. The van der Waals surface area contributed by atoms with Crippen LogP contribution in [0.4, 0.5) is 0 Å². The molecule has 0 saturated carbocycles. The molecule has 0 spiro atoms. The minimum absolute atomic E-state index is 0.0551. The lowest BCUT2D eigenvalue weighted by Gasteiger charge is -2.19. The molecule has 0 heterocycles. The van der Waals surface area contributed by atoms with Crippen molar-refractivity contribution in [3.05, 3.63) is 24.3 Å². The molecule has 8 heteroatoms. The number of unbranched alkanes of at least 4 members (excludes halogenated alkanes) is 22. The van der Waals surface area contributed by atoms with E-state index in [1.54, 1.807) is 6.92 Å². The Bertz CT molecular complexity index is 768. The topological polar surface area (TPSA) is 99.1 Å². The lowest BCUT2D eigenvalue weighted by molar-refractivity contribution is -0.144. The summed E-state index contributed by atoms with van der Waals surface area (Å²) in [6, 6.07) is 0. The summed E-state index contributed by atoms with van der Waals surface area (Å²) in [6.45, 7) is 6.11. The molecule has 0 radical (unpaired) electrons. The van der Waals surface area contributed by atoms with Gasteiger partial charge in [-0.3, -0.25) is 9.59 Å². The molecule has 276 valence electrons. The first-order chi connectivity index (χ1) is 22.9. The Balaban J connectivity index is 4.05. The smallest absolute Gasteiger partial charge is 0.367 e. The fourth-order valence-electron chi connectivity index (χ4n) is 5.31. The summed E-state index contributed by atoms with van der Waals surface area (Å²) >= 11 is 0. The highest BCUT2D eigenvalue weighted by molar-refractivity contribution is 7.49. The molecule has 1 unspecified atom stereocenters. The third kappa shape index (κ3) is 32.9. The molecule has 0 fully saturated rings. The molecule has 0 saturated heterocycles. The highest BCUT2D eigenvalue weighted by Gasteiger charge is 2.37. The number of hydrogen-bond acceptors (Lipinski definition) is 7. The number of carbonyl (C=O) groups is 2. The summed E-state index contributed by atoms with van der Waals surface area (Å²) in [5, 5.41) is 9.87. The van der Waals surface area contributed by atoms with Gasteiger partial charge in [-0.15, -0.1) is 0 Å². The van der Waals surface area contributed by atoms with Gasteiger partial charge in [-0.25, -0.2) is 9.09 Å². The van der Waals surface area contributed by atoms with Crippen LogP contribution in [0.3, 0.4) is 0 Å². The van der Waals surface area contributed by atoms with E-state index < -0.39 is 26.1 Å². The van der Waals surface area contributed by atoms with Crippen LogP contribution >= 0.6 is 7.82 Å². The molecular formula is C39H73O7P. The number of aliphatic hydroxyl groups is 1. The van der Waals surface area contributed by atoms with Crippen LogP contribution in [0.1, 0.15) is 207 Å².